The Balaban J connectivity index is 2.67. The van der Waals surface area contributed by atoms with Gasteiger partial charge in [-0.15, -0.1) is 0 Å². The molecule has 0 fully saturated rings. The maximum absolute atomic E-state index is 8.76. The lowest BCUT2D eigenvalue weighted by Crippen LogP contribution is -1.79. The fourth-order valence-corrected chi connectivity index (χ4v) is 0.954. The van der Waals surface area contributed by atoms with Crippen LogP contribution in [0.1, 0.15) is 5.56 Å². The zero-order valence-electron chi connectivity index (χ0n) is 5.74. The van der Waals surface area contributed by atoms with Gasteiger partial charge in [-0.05, 0) is 17.7 Å². The van der Waals surface area contributed by atoms with Crippen molar-refractivity contribution in [1.29, 1.82) is 0 Å². The molecule has 0 aliphatic heterocycles. The summed E-state index contributed by atoms with van der Waals surface area (Å²) in [5.41, 5.74) is 1.49. The minimum absolute atomic E-state index is 0.0244. The van der Waals surface area contributed by atoms with E-state index in [0.29, 0.717) is 5.58 Å². The number of hydrogen-bond acceptors (Lipinski definition) is 3. The summed E-state index contributed by atoms with van der Waals surface area (Å²) in [5, 5.41) is 13.1. The molecule has 0 aliphatic rings. The van der Waals surface area contributed by atoms with Crippen molar-refractivity contribution >= 4 is 11.0 Å². The first-order valence-corrected chi connectivity index (χ1v) is 3.27. The number of aliphatic hydroxyl groups excluding tert-OH is 1. The van der Waals surface area contributed by atoms with Gasteiger partial charge in [0.15, 0.2) is 5.58 Å². The number of hydrogen-bond donors (Lipinski definition) is 1. The van der Waals surface area contributed by atoms with Crippen LogP contribution in [0, 0.1) is 6.20 Å². The van der Waals surface area contributed by atoms with Crippen LogP contribution in [0.2, 0.25) is 0 Å². The highest BCUT2D eigenvalue weighted by Crippen LogP contribution is 2.14. The molecule has 2 aromatic rings. The minimum atomic E-state index is 0.0244. The summed E-state index contributed by atoms with van der Waals surface area (Å²) in [5.74, 6) is 0. The van der Waals surface area contributed by atoms with Crippen molar-refractivity contribution in [3.05, 3.63) is 30.0 Å². The molecule has 0 amide bonds. The molecule has 2 rings (SSSR count). The second-order valence-corrected chi connectivity index (χ2v) is 2.28. The first-order chi connectivity index (χ1) is 5.40. The van der Waals surface area contributed by atoms with Gasteiger partial charge < -0.3 is 9.63 Å². The summed E-state index contributed by atoms with van der Waals surface area (Å²) in [6, 6.07) is 5.38. The lowest BCUT2D eigenvalue weighted by Gasteiger charge is -1.91. The maximum atomic E-state index is 8.76. The Hall–Kier alpha value is -1.35. The molecule has 1 aromatic heterocycles. The van der Waals surface area contributed by atoms with Crippen molar-refractivity contribution in [1.82, 2.24) is 5.16 Å². The van der Waals surface area contributed by atoms with Gasteiger partial charge in [-0.3, -0.25) is 0 Å². The van der Waals surface area contributed by atoms with E-state index in [1.165, 1.54) is 0 Å². The second kappa shape index (κ2) is 2.36. The minimum Gasteiger partial charge on any atom is -0.392 e. The van der Waals surface area contributed by atoms with Crippen LogP contribution in [0.25, 0.3) is 11.0 Å². The van der Waals surface area contributed by atoms with Gasteiger partial charge in [0, 0.05) is 0 Å². The number of aliphatic hydroxyl groups is 1. The Bertz CT molecular complexity index is 367. The molecule has 0 spiro atoms. The summed E-state index contributed by atoms with van der Waals surface area (Å²) in [7, 11) is 0. The van der Waals surface area contributed by atoms with Crippen molar-refractivity contribution < 1.29 is 9.63 Å². The van der Waals surface area contributed by atoms with E-state index in [9.17, 15) is 0 Å². The van der Waals surface area contributed by atoms with E-state index >= 15 is 0 Å². The molecule has 3 heteroatoms. The molecule has 0 aliphatic carbocycles. The second-order valence-electron chi connectivity index (χ2n) is 2.28. The largest absolute Gasteiger partial charge is 0.392 e. The van der Waals surface area contributed by atoms with E-state index in [1.54, 1.807) is 6.07 Å². The average molecular weight is 148 g/mol. The first-order valence-electron chi connectivity index (χ1n) is 3.27. The highest BCUT2D eigenvalue weighted by Gasteiger charge is 1.98. The lowest BCUT2D eigenvalue weighted by atomic mass is 10.2. The van der Waals surface area contributed by atoms with Crippen LogP contribution in [0.15, 0.2) is 22.7 Å². The van der Waals surface area contributed by atoms with Gasteiger partial charge in [0.25, 0.3) is 0 Å². The Morgan fingerprint density at radius 1 is 1.55 bits per heavy atom. The summed E-state index contributed by atoms with van der Waals surface area (Å²) in [6.07, 6.45) is 2.67. The van der Waals surface area contributed by atoms with Crippen molar-refractivity contribution in [3.8, 4) is 0 Å². The van der Waals surface area contributed by atoms with Gasteiger partial charge in [0.2, 0.25) is 0 Å². The molecule has 1 aromatic carbocycles. The molecular weight excluding hydrogens is 142 g/mol. The normalized spacial score (nSPS) is 10.6. The fraction of sp³-hybridized carbons (Fsp3) is 0.125. The summed E-state index contributed by atoms with van der Waals surface area (Å²) in [4.78, 5) is 0. The highest BCUT2D eigenvalue weighted by molar-refractivity contribution is 5.75. The molecule has 11 heavy (non-hydrogen) atoms. The van der Waals surface area contributed by atoms with Gasteiger partial charge >= 0.3 is 0 Å². The smallest absolute Gasteiger partial charge is 0.167 e. The van der Waals surface area contributed by atoms with Gasteiger partial charge in [-0.25, -0.2) is 0 Å². The third-order valence-corrected chi connectivity index (χ3v) is 1.54. The van der Waals surface area contributed by atoms with Crippen molar-refractivity contribution in [3.63, 3.8) is 0 Å². The highest BCUT2D eigenvalue weighted by atomic mass is 16.5. The molecule has 3 nitrogen and oxygen atoms in total. The van der Waals surface area contributed by atoms with E-state index in [0.717, 1.165) is 10.9 Å². The van der Waals surface area contributed by atoms with Crippen LogP contribution in [0.3, 0.4) is 0 Å². The molecule has 1 heterocycles. The predicted molar refractivity (Wildman–Crippen MR) is 38.8 cm³/mol. The number of fused-ring (bicyclic) bond motifs is 1. The van der Waals surface area contributed by atoms with Gasteiger partial charge in [0.1, 0.15) is 6.20 Å². The number of rotatable bonds is 1. The van der Waals surface area contributed by atoms with Crippen LogP contribution >= 0.6 is 0 Å². The molecule has 0 atom stereocenters. The Morgan fingerprint density at radius 3 is 3.27 bits per heavy atom. The average Bonchev–Trinajstić information content (AvgIpc) is 2.50. The maximum Gasteiger partial charge on any atom is 0.167 e. The van der Waals surface area contributed by atoms with E-state index < -0.39 is 0 Å². The van der Waals surface area contributed by atoms with Gasteiger partial charge in [-0.2, -0.15) is 0 Å². The quantitative estimate of drug-likeness (QED) is 0.659. The molecule has 0 unspecified atom stereocenters. The Labute approximate surface area is 63.2 Å². The van der Waals surface area contributed by atoms with Crippen LogP contribution in [-0.2, 0) is 6.61 Å². The first kappa shape index (κ1) is 6.37. The number of benzene rings is 1. The summed E-state index contributed by atoms with van der Waals surface area (Å²) in [6.45, 7) is 0.0244. The van der Waals surface area contributed by atoms with Crippen LogP contribution in [0.4, 0.5) is 0 Å². The van der Waals surface area contributed by atoms with Gasteiger partial charge in [-0.1, -0.05) is 11.2 Å². The Kier molecular flexibility index (Phi) is 1.36. The van der Waals surface area contributed by atoms with Crippen LogP contribution < -0.4 is 0 Å². The third-order valence-electron chi connectivity index (χ3n) is 1.54. The monoisotopic (exact) mass is 148 g/mol. The molecule has 0 bridgehead atoms. The van der Waals surface area contributed by atoms with Crippen molar-refractivity contribution in [2.45, 2.75) is 6.61 Å². The summed E-state index contributed by atoms with van der Waals surface area (Å²) >= 11 is 0. The topological polar surface area (TPSA) is 46.3 Å². The van der Waals surface area contributed by atoms with E-state index in [4.69, 9.17) is 9.63 Å². The molecule has 1 N–H and O–H groups in total. The van der Waals surface area contributed by atoms with Crippen molar-refractivity contribution in [2.24, 2.45) is 0 Å². The zero-order chi connectivity index (χ0) is 7.68. The third kappa shape index (κ3) is 0.991. The van der Waals surface area contributed by atoms with Crippen molar-refractivity contribution in [2.75, 3.05) is 0 Å². The standard InChI is InChI=1S/C8H6NO2/c10-5-6-1-2-7-4-9-11-8(7)3-6/h1-3,10H,5H2. The van der Waals surface area contributed by atoms with E-state index in [-0.39, 0.29) is 6.61 Å². The molecule has 55 valence electrons. The summed E-state index contributed by atoms with van der Waals surface area (Å²) < 4.78 is 4.84. The van der Waals surface area contributed by atoms with E-state index in [1.807, 2.05) is 12.1 Å². The Morgan fingerprint density at radius 2 is 2.45 bits per heavy atom. The molecule has 1 radical (unpaired) electrons. The van der Waals surface area contributed by atoms with E-state index in [2.05, 4.69) is 11.4 Å². The fourth-order valence-electron chi connectivity index (χ4n) is 0.954. The van der Waals surface area contributed by atoms with Crippen LogP contribution in [-0.4, -0.2) is 10.3 Å². The zero-order valence-corrected chi connectivity index (χ0v) is 5.74. The number of aromatic nitrogens is 1. The van der Waals surface area contributed by atoms with Crippen LogP contribution in [0.5, 0.6) is 0 Å². The SMILES string of the molecule is OCc1ccc2[c]noc2c1. The van der Waals surface area contributed by atoms with Gasteiger partial charge in [0.05, 0.1) is 12.0 Å². The molecule has 0 saturated heterocycles. The molecule has 0 saturated carbocycles. The molecular formula is C8H6NO2. The lowest BCUT2D eigenvalue weighted by molar-refractivity contribution is 0.281. The predicted octanol–water partition coefficient (Wildman–Crippen LogP) is 1.12. The number of nitrogens with zero attached hydrogens (tertiary/aromatic N) is 1.